The van der Waals surface area contributed by atoms with Crippen molar-refractivity contribution in [3.8, 4) is 0 Å². The Morgan fingerprint density at radius 2 is 2.12 bits per heavy atom. The van der Waals surface area contributed by atoms with Crippen LogP contribution in [0.5, 0.6) is 0 Å². The molecule has 0 atom stereocenters. The third-order valence-electron chi connectivity index (χ3n) is 2.30. The molecule has 2 N–H and O–H groups in total. The van der Waals surface area contributed by atoms with E-state index in [-0.39, 0.29) is 15.4 Å². The van der Waals surface area contributed by atoms with Crippen molar-refractivity contribution >= 4 is 26.0 Å². The predicted molar refractivity (Wildman–Crippen MR) is 61.1 cm³/mol. The number of benzene rings is 1. The molecule has 1 saturated heterocycles. The zero-order chi connectivity index (χ0) is 11.8. The average molecular weight is 309 g/mol. The Morgan fingerprint density at radius 3 is 2.62 bits per heavy atom. The van der Waals surface area contributed by atoms with Gasteiger partial charge >= 0.3 is 0 Å². The number of halogens is 2. The van der Waals surface area contributed by atoms with Crippen LogP contribution in [0.1, 0.15) is 0 Å². The minimum absolute atomic E-state index is 0.0555. The Bertz CT molecular complexity index is 502. The van der Waals surface area contributed by atoms with Crippen molar-refractivity contribution < 1.29 is 12.8 Å². The van der Waals surface area contributed by atoms with Gasteiger partial charge in [-0.1, -0.05) is 0 Å². The summed E-state index contributed by atoms with van der Waals surface area (Å²) in [4.78, 5) is -0.0555. The van der Waals surface area contributed by atoms with Gasteiger partial charge < -0.3 is 5.32 Å². The lowest BCUT2D eigenvalue weighted by Gasteiger charge is -2.27. The molecule has 0 aromatic heterocycles. The Hall–Kier alpha value is -0.500. The Labute approximate surface area is 101 Å². The fourth-order valence-electron chi connectivity index (χ4n) is 1.30. The summed E-state index contributed by atoms with van der Waals surface area (Å²) < 4.78 is 39.5. The molecule has 1 aromatic carbocycles. The number of hydrogen-bond donors (Lipinski definition) is 2. The highest BCUT2D eigenvalue weighted by Crippen LogP contribution is 2.19. The molecule has 0 amide bonds. The first-order chi connectivity index (χ1) is 7.49. The second kappa shape index (κ2) is 4.40. The molecule has 1 aliphatic rings. The van der Waals surface area contributed by atoms with E-state index in [0.29, 0.717) is 13.1 Å². The highest BCUT2D eigenvalue weighted by Gasteiger charge is 2.24. The van der Waals surface area contributed by atoms with Gasteiger partial charge in [-0.25, -0.2) is 17.5 Å². The molecule has 88 valence electrons. The van der Waals surface area contributed by atoms with E-state index < -0.39 is 15.8 Å². The molecular formula is C9H10BrFN2O2S. The predicted octanol–water partition coefficient (Wildman–Crippen LogP) is 0.838. The molecule has 4 nitrogen and oxygen atoms in total. The van der Waals surface area contributed by atoms with Crippen molar-refractivity contribution in [1.82, 2.24) is 10.0 Å². The third-order valence-corrected chi connectivity index (χ3v) is 4.47. The minimum atomic E-state index is -3.61. The number of rotatable bonds is 3. The van der Waals surface area contributed by atoms with Gasteiger partial charge in [-0.2, -0.15) is 0 Å². The summed E-state index contributed by atoms with van der Waals surface area (Å²) in [6.45, 7) is 1.22. The van der Waals surface area contributed by atoms with E-state index in [0.717, 1.165) is 6.07 Å². The largest absolute Gasteiger partial charge is 0.313 e. The van der Waals surface area contributed by atoms with Crippen LogP contribution in [0.2, 0.25) is 0 Å². The van der Waals surface area contributed by atoms with Gasteiger partial charge in [-0.05, 0) is 34.1 Å². The van der Waals surface area contributed by atoms with Crippen LogP contribution in [0.3, 0.4) is 0 Å². The topological polar surface area (TPSA) is 58.2 Å². The molecule has 0 spiro atoms. The molecule has 0 aliphatic carbocycles. The number of sulfonamides is 1. The van der Waals surface area contributed by atoms with Crippen molar-refractivity contribution in [3.05, 3.63) is 28.5 Å². The SMILES string of the molecule is O=S(=O)(NC1CNC1)c1ccc(Br)c(F)c1. The van der Waals surface area contributed by atoms with E-state index in [1.165, 1.54) is 12.1 Å². The second-order valence-electron chi connectivity index (χ2n) is 3.55. The van der Waals surface area contributed by atoms with Crippen LogP contribution < -0.4 is 10.0 Å². The molecular weight excluding hydrogens is 299 g/mol. The monoisotopic (exact) mass is 308 g/mol. The van der Waals surface area contributed by atoms with Crippen molar-refractivity contribution in [2.45, 2.75) is 10.9 Å². The maximum absolute atomic E-state index is 13.2. The standard InChI is InChI=1S/C9H10BrFN2O2S/c10-8-2-1-7(3-9(8)11)16(14,15)13-6-4-12-5-6/h1-3,6,12-13H,4-5H2. The first-order valence-electron chi connectivity index (χ1n) is 4.67. The molecule has 1 fully saturated rings. The second-order valence-corrected chi connectivity index (χ2v) is 6.12. The van der Waals surface area contributed by atoms with Crippen LogP contribution in [0.4, 0.5) is 4.39 Å². The summed E-state index contributed by atoms with van der Waals surface area (Å²) in [6, 6.07) is 3.64. The van der Waals surface area contributed by atoms with Crippen LogP contribution in [-0.4, -0.2) is 27.5 Å². The molecule has 0 unspecified atom stereocenters. The van der Waals surface area contributed by atoms with E-state index in [2.05, 4.69) is 26.0 Å². The van der Waals surface area contributed by atoms with E-state index in [9.17, 15) is 12.8 Å². The van der Waals surface area contributed by atoms with Crippen molar-refractivity contribution in [3.63, 3.8) is 0 Å². The van der Waals surface area contributed by atoms with Crippen LogP contribution in [0.15, 0.2) is 27.6 Å². The lowest BCUT2D eigenvalue weighted by molar-refractivity contribution is 0.410. The van der Waals surface area contributed by atoms with Crippen LogP contribution in [0, 0.1) is 5.82 Å². The maximum Gasteiger partial charge on any atom is 0.241 e. The minimum Gasteiger partial charge on any atom is -0.313 e. The summed E-state index contributed by atoms with van der Waals surface area (Å²) >= 11 is 2.97. The molecule has 16 heavy (non-hydrogen) atoms. The average Bonchev–Trinajstić information content (AvgIpc) is 2.16. The quantitative estimate of drug-likeness (QED) is 0.870. The smallest absolute Gasteiger partial charge is 0.241 e. The molecule has 1 aromatic rings. The van der Waals surface area contributed by atoms with Crippen LogP contribution >= 0.6 is 15.9 Å². The van der Waals surface area contributed by atoms with E-state index in [1.54, 1.807) is 0 Å². The van der Waals surface area contributed by atoms with Gasteiger partial charge in [0.1, 0.15) is 5.82 Å². The molecule has 7 heteroatoms. The summed E-state index contributed by atoms with van der Waals surface area (Å²) in [5.41, 5.74) is 0. The molecule has 1 aliphatic heterocycles. The zero-order valence-electron chi connectivity index (χ0n) is 8.20. The Morgan fingerprint density at radius 1 is 1.44 bits per heavy atom. The fourth-order valence-corrected chi connectivity index (χ4v) is 2.80. The normalized spacial score (nSPS) is 17.1. The van der Waals surface area contributed by atoms with Gasteiger partial charge in [0.25, 0.3) is 0 Å². The van der Waals surface area contributed by atoms with Gasteiger partial charge in [0.15, 0.2) is 0 Å². The van der Waals surface area contributed by atoms with E-state index in [4.69, 9.17) is 0 Å². The van der Waals surface area contributed by atoms with Gasteiger partial charge in [0.05, 0.1) is 9.37 Å². The van der Waals surface area contributed by atoms with Gasteiger partial charge in [0.2, 0.25) is 10.0 Å². The lowest BCUT2D eigenvalue weighted by atomic mass is 10.2. The first-order valence-corrected chi connectivity index (χ1v) is 6.95. The van der Waals surface area contributed by atoms with Crippen LogP contribution in [0.25, 0.3) is 0 Å². The van der Waals surface area contributed by atoms with Crippen molar-refractivity contribution in [2.24, 2.45) is 0 Å². The van der Waals surface area contributed by atoms with E-state index in [1.807, 2.05) is 0 Å². The fraction of sp³-hybridized carbons (Fsp3) is 0.333. The summed E-state index contributed by atoms with van der Waals surface area (Å²) in [5.74, 6) is -0.588. The summed E-state index contributed by atoms with van der Waals surface area (Å²) in [7, 11) is -3.61. The Balaban J connectivity index is 2.24. The summed E-state index contributed by atoms with van der Waals surface area (Å²) in [6.07, 6.45) is 0. The lowest BCUT2D eigenvalue weighted by Crippen LogP contribution is -2.56. The van der Waals surface area contributed by atoms with Crippen LogP contribution in [-0.2, 0) is 10.0 Å². The van der Waals surface area contributed by atoms with Gasteiger partial charge in [-0.3, -0.25) is 0 Å². The van der Waals surface area contributed by atoms with Gasteiger partial charge in [0, 0.05) is 19.1 Å². The van der Waals surface area contributed by atoms with Crippen molar-refractivity contribution in [2.75, 3.05) is 13.1 Å². The maximum atomic E-state index is 13.2. The highest BCUT2D eigenvalue weighted by atomic mass is 79.9. The Kier molecular flexibility index (Phi) is 3.29. The molecule has 0 bridgehead atoms. The summed E-state index contributed by atoms with van der Waals surface area (Å²) in [5, 5.41) is 2.95. The first kappa shape index (κ1) is 12.0. The number of nitrogens with one attached hydrogen (secondary N) is 2. The highest BCUT2D eigenvalue weighted by molar-refractivity contribution is 9.10. The zero-order valence-corrected chi connectivity index (χ0v) is 10.6. The van der Waals surface area contributed by atoms with Gasteiger partial charge in [-0.15, -0.1) is 0 Å². The number of hydrogen-bond acceptors (Lipinski definition) is 3. The molecule has 1 heterocycles. The van der Waals surface area contributed by atoms with E-state index >= 15 is 0 Å². The van der Waals surface area contributed by atoms with Crippen molar-refractivity contribution in [1.29, 1.82) is 0 Å². The molecule has 0 saturated carbocycles. The molecule has 0 radical (unpaired) electrons. The molecule has 2 rings (SSSR count). The third kappa shape index (κ3) is 2.42.